The second-order valence-electron chi connectivity index (χ2n) is 2.77. The topological polar surface area (TPSA) is 70.6 Å². The van der Waals surface area contributed by atoms with Crippen LogP contribution in [-0.2, 0) is 6.18 Å². The molecule has 4 N–H and O–H groups in total. The smallest absolute Gasteiger partial charge is 0.368 e. The van der Waals surface area contributed by atoms with Crippen LogP contribution in [0.4, 0.5) is 23.2 Å². The number of hydroxylamine groups is 1. The lowest BCUT2D eigenvalue weighted by Gasteiger charge is -2.08. The molecule has 16 heavy (non-hydrogen) atoms. The highest BCUT2D eigenvalue weighted by Gasteiger charge is 2.34. The van der Waals surface area contributed by atoms with Gasteiger partial charge in [-0.15, -0.1) is 0 Å². The summed E-state index contributed by atoms with van der Waals surface area (Å²) in [5.41, 5.74) is 4.78. The van der Waals surface area contributed by atoms with Gasteiger partial charge in [0, 0.05) is 0 Å². The first-order chi connectivity index (χ1) is 7.34. The Morgan fingerprint density at radius 2 is 2.00 bits per heavy atom. The normalized spacial score (nSPS) is 12.7. The number of nitrogens with two attached hydrogens (primary N) is 1. The second-order valence-corrected chi connectivity index (χ2v) is 2.77. The van der Waals surface area contributed by atoms with Crippen molar-refractivity contribution in [1.82, 2.24) is 5.48 Å². The molecule has 0 amide bonds. The van der Waals surface area contributed by atoms with Gasteiger partial charge in [0.05, 0.1) is 11.3 Å². The monoisotopic (exact) mass is 237 g/mol. The molecule has 88 valence electrons. The van der Waals surface area contributed by atoms with Crippen LogP contribution in [0.3, 0.4) is 0 Å². The quantitative estimate of drug-likeness (QED) is 0.301. The highest BCUT2D eigenvalue weighted by Crippen LogP contribution is 2.33. The van der Waals surface area contributed by atoms with Gasteiger partial charge in [0.25, 0.3) is 0 Å². The van der Waals surface area contributed by atoms with Gasteiger partial charge in [0.1, 0.15) is 5.82 Å². The van der Waals surface area contributed by atoms with E-state index in [-0.39, 0.29) is 5.69 Å². The molecule has 0 fully saturated rings. The third-order valence-electron chi connectivity index (χ3n) is 1.62. The zero-order chi connectivity index (χ0) is 12.3. The molecular weight excluding hydrogens is 230 g/mol. The fourth-order valence-corrected chi connectivity index (χ4v) is 0.964. The lowest BCUT2D eigenvalue weighted by molar-refractivity contribution is -0.139. The van der Waals surface area contributed by atoms with Gasteiger partial charge < -0.3 is 5.73 Å². The third-order valence-corrected chi connectivity index (χ3v) is 1.62. The minimum Gasteiger partial charge on any atom is -0.368 e. The molecule has 0 aliphatic heterocycles. The summed E-state index contributed by atoms with van der Waals surface area (Å²) < 4.78 is 49.6. The Labute approximate surface area is 87.4 Å². The van der Waals surface area contributed by atoms with Crippen LogP contribution in [0, 0.1) is 5.82 Å². The number of alkyl halides is 3. The molecule has 0 radical (unpaired) electrons. The number of guanidine groups is 1. The molecule has 0 bridgehead atoms. The third kappa shape index (κ3) is 2.83. The summed E-state index contributed by atoms with van der Waals surface area (Å²) in [5, 5.41) is 8.28. The number of nitrogens with one attached hydrogen (secondary N) is 1. The SMILES string of the molecule is NC(=Nc1ccc(F)c(C(F)(F)F)c1)NO. The summed E-state index contributed by atoms with van der Waals surface area (Å²) in [6.07, 6.45) is -4.81. The van der Waals surface area contributed by atoms with Crippen molar-refractivity contribution in [3.63, 3.8) is 0 Å². The number of hydrogen-bond donors (Lipinski definition) is 3. The van der Waals surface area contributed by atoms with E-state index in [4.69, 9.17) is 10.9 Å². The van der Waals surface area contributed by atoms with Crippen LogP contribution in [0.1, 0.15) is 5.56 Å². The van der Waals surface area contributed by atoms with E-state index < -0.39 is 23.5 Å². The first-order valence-corrected chi connectivity index (χ1v) is 3.95. The van der Waals surface area contributed by atoms with Crippen molar-refractivity contribution in [3.8, 4) is 0 Å². The summed E-state index contributed by atoms with van der Waals surface area (Å²) >= 11 is 0. The molecule has 0 saturated heterocycles. The van der Waals surface area contributed by atoms with E-state index in [1.165, 1.54) is 5.48 Å². The minimum atomic E-state index is -4.81. The molecular formula is C8H7F4N3O. The van der Waals surface area contributed by atoms with Gasteiger partial charge in [-0.05, 0) is 18.2 Å². The number of nitrogens with zero attached hydrogens (tertiary/aromatic N) is 1. The summed E-state index contributed by atoms with van der Waals surface area (Å²) in [6.45, 7) is 0. The number of rotatable bonds is 1. The zero-order valence-corrected chi connectivity index (χ0v) is 7.72. The Kier molecular flexibility index (Phi) is 3.33. The zero-order valence-electron chi connectivity index (χ0n) is 7.72. The predicted molar refractivity (Wildman–Crippen MR) is 47.6 cm³/mol. The lowest BCUT2D eigenvalue weighted by Crippen LogP contribution is -2.27. The highest BCUT2D eigenvalue weighted by molar-refractivity contribution is 5.79. The minimum absolute atomic E-state index is 0.229. The van der Waals surface area contributed by atoms with Crippen LogP contribution in [-0.4, -0.2) is 11.2 Å². The second kappa shape index (κ2) is 4.35. The summed E-state index contributed by atoms with van der Waals surface area (Å²) in [4.78, 5) is 3.36. The maximum absolute atomic E-state index is 12.8. The van der Waals surface area contributed by atoms with Crippen LogP contribution in [0.15, 0.2) is 23.2 Å². The van der Waals surface area contributed by atoms with Crippen LogP contribution in [0.25, 0.3) is 0 Å². The first kappa shape index (κ1) is 12.2. The van der Waals surface area contributed by atoms with Crippen LogP contribution >= 0.6 is 0 Å². The van der Waals surface area contributed by atoms with Gasteiger partial charge in [0.15, 0.2) is 0 Å². The Balaban J connectivity index is 3.18. The van der Waals surface area contributed by atoms with Crippen LogP contribution in [0.5, 0.6) is 0 Å². The molecule has 0 aliphatic carbocycles. The fourth-order valence-electron chi connectivity index (χ4n) is 0.964. The first-order valence-electron chi connectivity index (χ1n) is 3.95. The van der Waals surface area contributed by atoms with Gasteiger partial charge in [-0.2, -0.15) is 13.2 Å². The Morgan fingerprint density at radius 3 is 2.50 bits per heavy atom. The average molecular weight is 237 g/mol. The average Bonchev–Trinajstić information content (AvgIpc) is 2.19. The van der Waals surface area contributed by atoms with Crippen molar-refractivity contribution in [2.45, 2.75) is 6.18 Å². The fraction of sp³-hybridized carbons (Fsp3) is 0.125. The molecule has 0 spiro atoms. The molecule has 1 aromatic carbocycles. The number of hydrogen-bond acceptors (Lipinski definition) is 2. The molecule has 0 aromatic heterocycles. The number of benzene rings is 1. The van der Waals surface area contributed by atoms with Crippen molar-refractivity contribution in [2.24, 2.45) is 10.7 Å². The van der Waals surface area contributed by atoms with E-state index in [0.29, 0.717) is 12.1 Å². The predicted octanol–water partition coefficient (Wildman–Crippen LogP) is 1.77. The molecule has 1 aromatic rings. The molecule has 0 heterocycles. The Morgan fingerprint density at radius 1 is 1.38 bits per heavy atom. The molecule has 0 saturated carbocycles. The maximum atomic E-state index is 12.8. The van der Waals surface area contributed by atoms with E-state index >= 15 is 0 Å². The van der Waals surface area contributed by atoms with Crippen LogP contribution < -0.4 is 11.2 Å². The number of aliphatic imine (C=N–C) groups is 1. The van der Waals surface area contributed by atoms with Crippen molar-refractivity contribution in [1.29, 1.82) is 0 Å². The summed E-state index contributed by atoms with van der Waals surface area (Å²) in [7, 11) is 0. The van der Waals surface area contributed by atoms with Gasteiger partial charge in [0.2, 0.25) is 5.96 Å². The van der Waals surface area contributed by atoms with Gasteiger partial charge in [-0.25, -0.2) is 14.9 Å². The van der Waals surface area contributed by atoms with E-state index in [0.717, 1.165) is 6.07 Å². The Hall–Kier alpha value is -1.83. The van der Waals surface area contributed by atoms with Gasteiger partial charge >= 0.3 is 6.18 Å². The van der Waals surface area contributed by atoms with Crippen molar-refractivity contribution >= 4 is 11.6 Å². The standard InChI is InChI=1S/C8H7F4N3O/c9-6-2-1-4(14-7(13)15-16)3-5(6)8(10,11)12/h1-3,16H,(H3,13,14,15). The van der Waals surface area contributed by atoms with E-state index in [1.54, 1.807) is 0 Å². The van der Waals surface area contributed by atoms with Crippen molar-refractivity contribution in [3.05, 3.63) is 29.6 Å². The Bertz CT molecular complexity index is 416. The summed E-state index contributed by atoms with van der Waals surface area (Å²) in [6, 6.07) is 2.10. The van der Waals surface area contributed by atoms with Gasteiger partial charge in [-0.3, -0.25) is 5.21 Å². The molecule has 8 heteroatoms. The van der Waals surface area contributed by atoms with Crippen molar-refractivity contribution < 1.29 is 22.8 Å². The summed E-state index contributed by atoms with van der Waals surface area (Å²) in [5.74, 6) is -1.90. The van der Waals surface area contributed by atoms with E-state index in [9.17, 15) is 17.6 Å². The molecule has 0 atom stereocenters. The van der Waals surface area contributed by atoms with Crippen LogP contribution in [0.2, 0.25) is 0 Å². The number of halogens is 4. The van der Waals surface area contributed by atoms with Gasteiger partial charge in [-0.1, -0.05) is 0 Å². The largest absolute Gasteiger partial charge is 0.419 e. The molecule has 0 aliphatic rings. The molecule has 0 unspecified atom stereocenters. The van der Waals surface area contributed by atoms with Crippen molar-refractivity contribution in [2.75, 3.05) is 0 Å². The van der Waals surface area contributed by atoms with E-state index in [2.05, 4.69) is 4.99 Å². The van der Waals surface area contributed by atoms with E-state index in [1.807, 2.05) is 0 Å². The maximum Gasteiger partial charge on any atom is 0.419 e. The highest BCUT2D eigenvalue weighted by atomic mass is 19.4. The molecule has 4 nitrogen and oxygen atoms in total. The lowest BCUT2D eigenvalue weighted by atomic mass is 10.2. The molecule has 1 rings (SSSR count).